The molecule has 0 aliphatic heterocycles. The normalized spacial score (nSPS) is 12.5. The summed E-state index contributed by atoms with van der Waals surface area (Å²) in [7, 11) is 0. The van der Waals surface area contributed by atoms with Gasteiger partial charge in [-0.05, 0) is 37.6 Å². The van der Waals surface area contributed by atoms with E-state index in [0.717, 1.165) is 12.1 Å². The van der Waals surface area contributed by atoms with Crippen molar-refractivity contribution in [2.45, 2.75) is 26.8 Å². The molecular weight excluding hydrogens is 172 g/mol. The van der Waals surface area contributed by atoms with Gasteiger partial charge in [0.25, 0.3) is 0 Å². The Morgan fingerprint density at radius 1 is 1.64 bits per heavy atom. The third-order valence-corrected chi connectivity index (χ3v) is 2.28. The summed E-state index contributed by atoms with van der Waals surface area (Å²) in [6.45, 7) is 11.2. The lowest BCUT2D eigenvalue weighted by atomic mass is 9.98. The molecular formula is C12H18N2. The molecule has 1 atom stereocenters. The Hall–Kier alpha value is -1.15. The average Bonchev–Trinajstić information content (AvgIpc) is 2.15. The van der Waals surface area contributed by atoms with Gasteiger partial charge in [0.2, 0.25) is 0 Å². The lowest BCUT2D eigenvalue weighted by Crippen LogP contribution is -2.22. The first-order valence-corrected chi connectivity index (χ1v) is 4.96. The summed E-state index contributed by atoms with van der Waals surface area (Å²) in [6.07, 6.45) is 3.72. The Morgan fingerprint density at radius 2 is 2.36 bits per heavy atom. The maximum Gasteiger partial charge on any atom is 0.0534 e. The van der Waals surface area contributed by atoms with Gasteiger partial charge in [-0.2, -0.15) is 0 Å². The van der Waals surface area contributed by atoms with E-state index < -0.39 is 0 Å². The van der Waals surface area contributed by atoms with Gasteiger partial charge in [0.05, 0.1) is 6.04 Å². The molecule has 1 unspecified atom stereocenters. The maximum atomic E-state index is 4.09. The Morgan fingerprint density at radius 3 is 2.86 bits per heavy atom. The predicted molar refractivity (Wildman–Crippen MR) is 60.2 cm³/mol. The number of hydrogen-bond donors (Lipinski definition) is 1. The second-order valence-electron chi connectivity index (χ2n) is 3.57. The molecule has 1 heterocycles. The fraction of sp³-hybridized carbons (Fsp3) is 0.417. The molecule has 0 saturated carbocycles. The highest BCUT2D eigenvalue weighted by Gasteiger charge is 2.12. The van der Waals surface area contributed by atoms with Crippen molar-refractivity contribution in [3.8, 4) is 0 Å². The molecule has 0 radical (unpaired) electrons. The minimum atomic E-state index is 0.253. The van der Waals surface area contributed by atoms with E-state index in [1.165, 1.54) is 11.1 Å². The number of rotatable bonds is 4. The van der Waals surface area contributed by atoms with E-state index in [-0.39, 0.29) is 6.04 Å². The van der Waals surface area contributed by atoms with Gasteiger partial charge in [0.15, 0.2) is 0 Å². The quantitative estimate of drug-likeness (QED) is 0.738. The molecule has 1 rings (SSSR count). The molecule has 2 nitrogen and oxygen atoms in total. The third-order valence-electron chi connectivity index (χ3n) is 2.28. The first-order valence-electron chi connectivity index (χ1n) is 4.96. The third kappa shape index (κ3) is 2.42. The van der Waals surface area contributed by atoms with E-state index in [0.29, 0.717) is 0 Å². The monoisotopic (exact) mass is 190 g/mol. The van der Waals surface area contributed by atoms with E-state index in [9.17, 15) is 0 Å². The molecule has 0 spiro atoms. The summed E-state index contributed by atoms with van der Waals surface area (Å²) in [4.78, 5) is 4.09. The molecule has 2 heteroatoms. The number of pyridine rings is 1. The largest absolute Gasteiger partial charge is 0.307 e. The van der Waals surface area contributed by atoms with Crippen molar-refractivity contribution in [3.05, 3.63) is 41.7 Å². The lowest BCUT2D eigenvalue weighted by molar-refractivity contribution is 0.618. The van der Waals surface area contributed by atoms with Crippen LogP contribution in [0, 0.1) is 6.92 Å². The van der Waals surface area contributed by atoms with Crippen LogP contribution in [0.5, 0.6) is 0 Å². The van der Waals surface area contributed by atoms with Gasteiger partial charge in [-0.3, -0.25) is 4.98 Å². The zero-order valence-corrected chi connectivity index (χ0v) is 9.17. The summed E-state index contributed by atoms with van der Waals surface area (Å²) >= 11 is 0. The van der Waals surface area contributed by atoms with Crippen LogP contribution in [0.25, 0.3) is 0 Å². The Kier molecular flexibility index (Phi) is 3.84. The van der Waals surface area contributed by atoms with Crippen molar-refractivity contribution in [1.29, 1.82) is 0 Å². The first kappa shape index (κ1) is 10.9. The van der Waals surface area contributed by atoms with Crippen molar-refractivity contribution in [3.63, 3.8) is 0 Å². The van der Waals surface area contributed by atoms with Crippen molar-refractivity contribution >= 4 is 0 Å². The first-order chi connectivity index (χ1) is 6.66. The highest BCUT2D eigenvalue weighted by atomic mass is 14.9. The van der Waals surface area contributed by atoms with Crippen LogP contribution in [0.15, 0.2) is 30.6 Å². The molecule has 14 heavy (non-hydrogen) atoms. The molecule has 1 N–H and O–H groups in total. The van der Waals surface area contributed by atoms with Crippen LogP contribution in [0.3, 0.4) is 0 Å². The van der Waals surface area contributed by atoms with Gasteiger partial charge in [-0.15, -0.1) is 0 Å². The Bertz CT molecular complexity index is 318. The molecule has 0 amide bonds. The number of aromatic nitrogens is 1. The van der Waals surface area contributed by atoms with Gasteiger partial charge in [0, 0.05) is 12.4 Å². The van der Waals surface area contributed by atoms with Crippen LogP contribution < -0.4 is 5.32 Å². The van der Waals surface area contributed by atoms with E-state index in [2.05, 4.69) is 36.8 Å². The van der Waals surface area contributed by atoms with Crippen LogP contribution >= 0.6 is 0 Å². The Balaban J connectivity index is 2.99. The molecule has 1 aromatic heterocycles. The lowest BCUT2D eigenvalue weighted by Gasteiger charge is -2.20. The Labute approximate surface area is 86.1 Å². The summed E-state index contributed by atoms with van der Waals surface area (Å²) in [5, 5.41) is 3.41. The molecule has 0 bridgehead atoms. The topological polar surface area (TPSA) is 24.9 Å². The minimum absolute atomic E-state index is 0.253. The summed E-state index contributed by atoms with van der Waals surface area (Å²) < 4.78 is 0. The van der Waals surface area contributed by atoms with Crippen molar-refractivity contribution in [2.75, 3.05) is 6.54 Å². The van der Waals surface area contributed by atoms with Crippen molar-refractivity contribution < 1.29 is 0 Å². The van der Waals surface area contributed by atoms with E-state index in [1.807, 2.05) is 19.3 Å². The van der Waals surface area contributed by atoms with E-state index >= 15 is 0 Å². The molecule has 0 saturated heterocycles. The van der Waals surface area contributed by atoms with E-state index in [4.69, 9.17) is 0 Å². The van der Waals surface area contributed by atoms with Gasteiger partial charge in [-0.1, -0.05) is 19.1 Å². The van der Waals surface area contributed by atoms with Crippen molar-refractivity contribution in [1.82, 2.24) is 10.3 Å². The van der Waals surface area contributed by atoms with E-state index in [1.54, 1.807) is 0 Å². The minimum Gasteiger partial charge on any atom is -0.307 e. The van der Waals surface area contributed by atoms with Crippen LogP contribution in [0.4, 0.5) is 0 Å². The number of likely N-dealkylation sites (N-methyl/N-ethyl adjacent to an activating group) is 1. The smallest absolute Gasteiger partial charge is 0.0534 e. The van der Waals surface area contributed by atoms with Gasteiger partial charge in [-0.25, -0.2) is 0 Å². The van der Waals surface area contributed by atoms with Gasteiger partial charge in [0.1, 0.15) is 0 Å². The predicted octanol–water partition coefficient (Wildman–Crippen LogP) is 2.62. The molecule has 0 aliphatic carbocycles. The van der Waals surface area contributed by atoms with Crippen LogP contribution in [-0.2, 0) is 0 Å². The molecule has 0 aliphatic rings. The molecule has 76 valence electrons. The summed E-state index contributed by atoms with van der Waals surface area (Å²) in [6, 6.07) is 2.31. The zero-order valence-electron chi connectivity index (χ0n) is 9.17. The second kappa shape index (κ2) is 4.91. The standard InChI is InChI=1S/C12H18N2/c1-5-14-12(9(2)3)11-6-7-13-8-10(11)4/h6-8,12,14H,2,5H2,1,3-4H3. The molecule has 0 fully saturated rings. The second-order valence-corrected chi connectivity index (χ2v) is 3.57. The van der Waals surface area contributed by atoms with Gasteiger partial charge >= 0.3 is 0 Å². The highest BCUT2D eigenvalue weighted by molar-refractivity contribution is 5.30. The zero-order chi connectivity index (χ0) is 10.6. The highest BCUT2D eigenvalue weighted by Crippen LogP contribution is 2.22. The fourth-order valence-electron chi connectivity index (χ4n) is 1.56. The van der Waals surface area contributed by atoms with Crippen LogP contribution in [0.1, 0.15) is 31.0 Å². The molecule has 0 aromatic carbocycles. The van der Waals surface area contributed by atoms with Crippen molar-refractivity contribution in [2.24, 2.45) is 0 Å². The van der Waals surface area contributed by atoms with Crippen LogP contribution in [-0.4, -0.2) is 11.5 Å². The maximum absolute atomic E-state index is 4.09. The summed E-state index contributed by atoms with van der Waals surface area (Å²) in [5.41, 5.74) is 3.62. The SMILES string of the molecule is C=C(C)C(NCC)c1ccncc1C. The van der Waals surface area contributed by atoms with Crippen LogP contribution in [0.2, 0.25) is 0 Å². The fourth-order valence-corrected chi connectivity index (χ4v) is 1.56. The molecule has 1 aromatic rings. The average molecular weight is 190 g/mol. The van der Waals surface area contributed by atoms with Gasteiger partial charge < -0.3 is 5.32 Å². The number of hydrogen-bond acceptors (Lipinski definition) is 2. The number of nitrogens with zero attached hydrogens (tertiary/aromatic N) is 1. The summed E-state index contributed by atoms with van der Waals surface area (Å²) in [5.74, 6) is 0. The number of nitrogens with one attached hydrogen (secondary N) is 1. The number of aryl methyl sites for hydroxylation is 1.